The van der Waals surface area contributed by atoms with E-state index in [0.717, 1.165) is 11.3 Å². The molecule has 0 aromatic heterocycles. The van der Waals surface area contributed by atoms with Crippen molar-refractivity contribution < 1.29 is 19.4 Å². The molecule has 0 bridgehead atoms. The SMILES string of the molecule is CCN(CC(=O)O)C(=O)CCCOc1ccccc1C. The Morgan fingerprint density at radius 3 is 2.60 bits per heavy atom. The molecule has 20 heavy (non-hydrogen) atoms. The number of carbonyl (C=O) groups is 2. The van der Waals surface area contributed by atoms with Crippen molar-refractivity contribution in [3.63, 3.8) is 0 Å². The second-order valence-corrected chi connectivity index (χ2v) is 4.52. The van der Waals surface area contributed by atoms with Gasteiger partial charge in [0.25, 0.3) is 0 Å². The van der Waals surface area contributed by atoms with Crippen LogP contribution >= 0.6 is 0 Å². The van der Waals surface area contributed by atoms with Crippen molar-refractivity contribution >= 4 is 11.9 Å². The number of carboxylic acid groups (broad SMARTS) is 1. The van der Waals surface area contributed by atoms with Gasteiger partial charge >= 0.3 is 5.97 Å². The van der Waals surface area contributed by atoms with Gasteiger partial charge in [-0.1, -0.05) is 18.2 Å². The predicted molar refractivity (Wildman–Crippen MR) is 75.8 cm³/mol. The molecule has 0 saturated heterocycles. The number of amides is 1. The third-order valence-electron chi connectivity index (χ3n) is 2.95. The van der Waals surface area contributed by atoms with Gasteiger partial charge in [0.05, 0.1) is 6.61 Å². The number of para-hydroxylation sites is 1. The molecule has 1 N–H and O–H groups in total. The fourth-order valence-electron chi connectivity index (χ4n) is 1.82. The maximum absolute atomic E-state index is 11.8. The molecule has 0 saturated carbocycles. The predicted octanol–water partition coefficient (Wildman–Crippen LogP) is 2.09. The number of nitrogens with zero attached hydrogens (tertiary/aromatic N) is 1. The quantitative estimate of drug-likeness (QED) is 0.740. The number of ether oxygens (including phenoxy) is 1. The van der Waals surface area contributed by atoms with Crippen molar-refractivity contribution in [2.75, 3.05) is 19.7 Å². The van der Waals surface area contributed by atoms with E-state index in [1.807, 2.05) is 31.2 Å². The van der Waals surface area contributed by atoms with Gasteiger partial charge in [0.1, 0.15) is 12.3 Å². The number of carbonyl (C=O) groups excluding carboxylic acids is 1. The van der Waals surface area contributed by atoms with Gasteiger partial charge < -0.3 is 14.7 Å². The fourth-order valence-corrected chi connectivity index (χ4v) is 1.82. The lowest BCUT2D eigenvalue weighted by Crippen LogP contribution is -2.35. The Kier molecular flexibility index (Phi) is 6.56. The molecule has 0 aliphatic rings. The minimum atomic E-state index is -0.989. The highest BCUT2D eigenvalue weighted by Gasteiger charge is 2.14. The summed E-state index contributed by atoms with van der Waals surface area (Å²) in [5.41, 5.74) is 1.06. The Labute approximate surface area is 119 Å². The lowest BCUT2D eigenvalue weighted by molar-refractivity contribution is -0.144. The molecule has 110 valence electrons. The summed E-state index contributed by atoms with van der Waals surface area (Å²) in [5, 5.41) is 8.70. The number of rotatable bonds is 8. The maximum atomic E-state index is 11.8. The van der Waals surface area contributed by atoms with Crippen LogP contribution in [0.5, 0.6) is 5.75 Å². The number of likely N-dealkylation sites (N-methyl/N-ethyl adjacent to an activating group) is 1. The summed E-state index contributed by atoms with van der Waals surface area (Å²) in [6.45, 7) is 4.34. The Balaban J connectivity index is 2.31. The van der Waals surface area contributed by atoms with Crippen molar-refractivity contribution in [2.45, 2.75) is 26.7 Å². The third-order valence-corrected chi connectivity index (χ3v) is 2.95. The van der Waals surface area contributed by atoms with Crippen LogP contribution < -0.4 is 4.74 Å². The van der Waals surface area contributed by atoms with E-state index in [2.05, 4.69) is 0 Å². The largest absolute Gasteiger partial charge is 0.493 e. The van der Waals surface area contributed by atoms with E-state index in [4.69, 9.17) is 9.84 Å². The van der Waals surface area contributed by atoms with Gasteiger partial charge in [-0.15, -0.1) is 0 Å². The van der Waals surface area contributed by atoms with Crippen LogP contribution in [0.25, 0.3) is 0 Å². The summed E-state index contributed by atoms with van der Waals surface area (Å²) < 4.78 is 5.59. The Morgan fingerprint density at radius 2 is 2.00 bits per heavy atom. The van der Waals surface area contributed by atoms with Crippen molar-refractivity contribution in [3.05, 3.63) is 29.8 Å². The van der Waals surface area contributed by atoms with Crippen LogP contribution in [0.3, 0.4) is 0 Å². The van der Waals surface area contributed by atoms with E-state index in [0.29, 0.717) is 26.0 Å². The van der Waals surface area contributed by atoms with Crippen molar-refractivity contribution in [2.24, 2.45) is 0 Å². The van der Waals surface area contributed by atoms with Gasteiger partial charge in [-0.2, -0.15) is 0 Å². The van der Waals surface area contributed by atoms with E-state index in [-0.39, 0.29) is 12.5 Å². The summed E-state index contributed by atoms with van der Waals surface area (Å²) in [5.74, 6) is -0.322. The molecule has 0 atom stereocenters. The van der Waals surface area contributed by atoms with Crippen LogP contribution in [0.15, 0.2) is 24.3 Å². The van der Waals surface area contributed by atoms with Gasteiger partial charge in [0, 0.05) is 13.0 Å². The molecule has 0 unspecified atom stereocenters. The van der Waals surface area contributed by atoms with E-state index in [1.54, 1.807) is 6.92 Å². The molecule has 0 heterocycles. The highest BCUT2D eigenvalue weighted by atomic mass is 16.5. The van der Waals surface area contributed by atoms with Gasteiger partial charge in [-0.3, -0.25) is 9.59 Å². The molecule has 0 fully saturated rings. The standard InChI is InChI=1S/C15H21NO4/c1-3-16(11-15(18)19)14(17)9-6-10-20-13-8-5-4-7-12(13)2/h4-5,7-8H,3,6,9-11H2,1-2H3,(H,18,19). The molecule has 0 aliphatic carbocycles. The lowest BCUT2D eigenvalue weighted by atomic mass is 10.2. The molecule has 1 aromatic rings. The average molecular weight is 279 g/mol. The Bertz CT molecular complexity index is 459. The zero-order valence-electron chi connectivity index (χ0n) is 12.0. The van der Waals surface area contributed by atoms with Crippen molar-refractivity contribution in [1.29, 1.82) is 0 Å². The zero-order valence-corrected chi connectivity index (χ0v) is 12.0. The number of benzene rings is 1. The molecule has 1 aromatic carbocycles. The Morgan fingerprint density at radius 1 is 1.30 bits per heavy atom. The second kappa shape index (κ2) is 8.19. The number of aryl methyl sites for hydroxylation is 1. The minimum absolute atomic E-state index is 0.150. The van der Waals surface area contributed by atoms with Crippen LogP contribution in [0.2, 0.25) is 0 Å². The lowest BCUT2D eigenvalue weighted by Gasteiger charge is -2.18. The number of carboxylic acids is 1. The number of hydrogen-bond donors (Lipinski definition) is 1. The third kappa shape index (κ3) is 5.30. The average Bonchev–Trinajstić information content (AvgIpc) is 2.42. The zero-order chi connectivity index (χ0) is 15.0. The van der Waals surface area contributed by atoms with Gasteiger partial charge in [-0.25, -0.2) is 0 Å². The number of hydrogen-bond acceptors (Lipinski definition) is 3. The van der Waals surface area contributed by atoms with Crippen LogP contribution in [0.4, 0.5) is 0 Å². The smallest absolute Gasteiger partial charge is 0.323 e. The Hall–Kier alpha value is -2.04. The first-order chi connectivity index (χ1) is 9.54. The van der Waals surface area contributed by atoms with Crippen molar-refractivity contribution in [3.8, 4) is 5.75 Å². The van der Waals surface area contributed by atoms with Crippen molar-refractivity contribution in [1.82, 2.24) is 4.90 Å². The van der Waals surface area contributed by atoms with Crippen LogP contribution in [0, 0.1) is 6.92 Å². The van der Waals surface area contributed by atoms with E-state index in [1.165, 1.54) is 4.90 Å². The number of aliphatic carboxylic acids is 1. The molecule has 0 radical (unpaired) electrons. The highest BCUT2D eigenvalue weighted by Crippen LogP contribution is 2.16. The minimum Gasteiger partial charge on any atom is -0.493 e. The van der Waals surface area contributed by atoms with Gasteiger partial charge in [0.2, 0.25) is 5.91 Å². The summed E-state index contributed by atoms with van der Waals surface area (Å²) in [6.07, 6.45) is 0.871. The monoisotopic (exact) mass is 279 g/mol. The second-order valence-electron chi connectivity index (χ2n) is 4.52. The molecule has 0 aliphatic heterocycles. The van der Waals surface area contributed by atoms with Crippen LogP contribution in [-0.2, 0) is 9.59 Å². The maximum Gasteiger partial charge on any atom is 0.323 e. The van der Waals surface area contributed by atoms with E-state index < -0.39 is 5.97 Å². The first kappa shape index (κ1) is 16.0. The molecule has 5 heteroatoms. The van der Waals surface area contributed by atoms with E-state index >= 15 is 0 Å². The molecule has 1 rings (SSSR count). The first-order valence-corrected chi connectivity index (χ1v) is 6.72. The fraction of sp³-hybridized carbons (Fsp3) is 0.467. The van der Waals surface area contributed by atoms with E-state index in [9.17, 15) is 9.59 Å². The summed E-state index contributed by atoms with van der Waals surface area (Å²) in [4.78, 5) is 23.7. The normalized spacial score (nSPS) is 10.1. The first-order valence-electron chi connectivity index (χ1n) is 6.72. The summed E-state index contributed by atoms with van der Waals surface area (Å²) in [6, 6.07) is 7.70. The van der Waals surface area contributed by atoms with Crippen LogP contribution in [0.1, 0.15) is 25.3 Å². The van der Waals surface area contributed by atoms with Gasteiger partial charge in [-0.05, 0) is 31.9 Å². The topological polar surface area (TPSA) is 66.8 Å². The highest BCUT2D eigenvalue weighted by molar-refractivity contribution is 5.81. The molecule has 1 amide bonds. The summed E-state index contributed by atoms with van der Waals surface area (Å²) >= 11 is 0. The molecular formula is C15H21NO4. The molecule has 5 nitrogen and oxygen atoms in total. The molecular weight excluding hydrogens is 258 g/mol. The van der Waals surface area contributed by atoms with Gasteiger partial charge in [0.15, 0.2) is 0 Å². The van der Waals surface area contributed by atoms with Crippen LogP contribution in [-0.4, -0.2) is 41.6 Å². The molecule has 0 spiro atoms. The summed E-state index contributed by atoms with van der Waals surface area (Å²) in [7, 11) is 0.